The molecule has 2 aromatic rings. The van der Waals surface area contributed by atoms with E-state index >= 15 is 0 Å². The Morgan fingerprint density at radius 2 is 2.08 bits per heavy atom. The number of benzene rings is 1. The number of hydrogen-bond donors (Lipinski definition) is 1. The Kier molecular flexibility index (Phi) is 3.78. The Hall–Kier alpha value is -2.70. The Labute approximate surface area is 145 Å². The van der Waals surface area contributed by atoms with E-state index in [4.69, 9.17) is 4.74 Å². The fraction of sp³-hybridized carbons (Fsp3) is 0.444. The first-order valence-electron chi connectivity index (χ1n) is 8.56. The van der Waals surface area contributed by atoms with Crippen molar-refractivity contribution in [1.82, 2.24) is 20.3 Å². The zero-order valence-corrected chi connectivity index (χ0v) is 14.1. The van der Waals surface area contributed by atoms with Crippen LogP contribution in [-0.2, 0) is 0 Å². The number of aromatic amines is 1. The summed E-state index contributed by atoms with van der Waals surface area (Å²) in [7, 11) is 0. The number of amides is 1. The number of hydrogen-bond acceptors (Lipinski definition) is 5. The van der Waals surface area contributed by atoms with Crippen molar-refractivity contribution in [1.29, 1.82) is 0 Å². The predicted octanol–water partition coefficient (Wildman–Crippen LogP) is 2.14. The van der Waals surface area contributed by atoms with Gasteiger partial charge in [-0.2, -0.15) is 15.4 Å². The molecule has 1 aromatic heterocycles. The number of para-hydroxylation sites is 1. The van der Waals surface area contributed by atoms with Gasteiger partial charge >= 0.3 is 0 Å². The van der Waals surface area contributed by atoms with Gasteiger partial charge in [0.05, 0.1) is 17.7 Å². The van der Waals surface area contributed by atoms with Gasteiger partial charge in [-0.25, -0.2) is 0 Å². The molecule has 0 saturated carbocycles. The second kappa shape index (κ2) is 5.98. The van der Waals surface area contributed by atoms with Gasteiger partial charge in [-0.3, -0.25) is 9.59 Å². The molecule has 7 heteroatoms. The van der Waals surface area contributed by atoms with Gasteiger partial charge in [0.25, 0.3) is 5.91 Å². The number of ether oxygens (including phenoxy) is 1. The third-order valence-corrected chi connectivity index (χ3v) is 5.11. The van der Waals surface area contributed by atoms with E-state index in [9.17, 15) is 9.59 Å². The van der Waals surface area contributed by atoms with Crippen LogP contribution in [0.2, 0.25) is 0 Å². The van der Waals surface area contributed by atoms with Crippen LogP contribution in [0.15, 0.2) is 24.3 Å². The summed E-state index contributed by atoms with van der Waals surface area (Å²) in [6.07, 6.45) is 2.55. The quantitative estimate of drug-likeness (QED) is 0.859. The highest BCUT2D eigenvalue weighted by atomic mass is 16.5. The van der Waals surface area contributed by atoms with Crippen LogP contribution in [0.1, 0.15) is 52.2 Å². The predicted molar refractivity (Wildman–Crippen MR) is 89.6 cm³/mol. The molecule has 25 heavy (non-hydrogen) atoms. The minimum Gasteiger partial charge on any atom is -0.486 e. The summed E-state index contributed by atoms with van der Waals surface area (Å²) in [5.41, 5.74) is 1.10. The molecular formula is C18H20N4O3. The molecule has 1 fully saturated rings. The molecule has 1 N–H and O–H groups in total. The summed E-state index contributed by atoms with van der Waals surface area (Å²) in [5, 5.41) is 10.4. The third kappa shape index (κ3) is 2.79. The van der Waals surface area contributed by atoms with Gasteiger partial charge in [-0.15, -0.1) is 0 Å². The zero-order valence-electron chi connectivity index (χ0n) is 14.1. The third-order valence-electron chi connectivity index (χ3n) is 5.11. The number of carbonyl (C=O) groups is 2. The molecule has 1 amide bonds. The van der Waals surface area contributed by atoms with Crippen LogP contribution < -0.4 is 4.74 Å². The molecule has 1 spiro atoms. The van der Waals surface area contributed by atoms with E-state index in [-0.39, 0.29) is 11.7 Å². The molecule has 3 heterocycles. The number of nitrogens with one attached hydrogen (secondary N) is 1. The van der Waals surface area contributed by atoms with Gasteiger partial charge in [0.1, 0.15) is 11.4 Å². The van der Waals surface area contributed by atoms with Crippen LogP contribution in [0, 0.1) is 6.92 Å². The van der Waals surface area contributed by atoms with Crippen LogP contribution in [0.25, 0.3) is 0 Å². The van der Waals surface area contributed by atoms with Crippen LogP contribution in [-0.4, -0.2) is 50.7 Å². The van der Waals surface area contributed by atoms with Gasteiger partial charge in [0, 0.05) is 19.5 Å². The molecule has 4 rings (SSSR count). The minimum atomic E-state index is -0.515. The lowest BCUT2D eigenvalue weighted by molar-refractivity contribution is 0.0300. The molecule has 1 saturated heterocycles. The second-order valence-electron chi connectivity index (χ2n) is 6.78. The van der Waals surface area contributed by atoms with E-state index in [0.717, 1.165) is 12.8 Å². The van der Waals surface area contributed by atoms with Gasteiger partial charge in [0.15, 0.2) is 11.5 Å². The number of likely N-dealkylation sites (tertiary alicyclic amines) is 1. The van der Waals surface area contributed by atoms with E-state index in [2.05, 4.69) is 15.4 Å². The maximum Gasteiger partial charge on any atom is 0.276 e. The van der Waals surface area contributed by atoms with Crippen molar-refractivity contribution >= 4 is 11.7 Å². The molecule has 0 radical (unpaired) electrons. The van der Waals surface area contributed by atoms with Gasteiger partial charge in [-0.1, -0.05) is 12.1 Å². The molecule has 0 bridgehead atoms. The van der Waals surface area contributed by atoms with Crippen molar-refractivity contribution in [3.63, 3.8) is 0 Å². The smallest absolute Gasteiger partial charge is 0.276 e. The summed E-state index contributed by atoms with van der Waals surface area (Å²) >= 11 is 0. The maximum absolute atomic E-state index is 12.7. The summed E-state index contributed by atoms with van der Waals surface area (Å²) in [4.78, 5) is 27.0. The molecule has 0 aliphatic carbocycles. The van der Waals surface area contributed by atoms with E-state index in [1.165, 1.54) is 0 Å². The zero-order chi connectivity index (χ0) is 17.4. The van der Waals surface area contributed by atoms with Gasteiger partial charge in [-0.05, 0) is 31.9 Å². The lowest BCUT2D eigenvalue weighted by Crippen LogP contribution is -2.43. The number of ketones is 1. The second-order valence-corrected chi connectivity index (χ2v) is 6.78. The Morgan fingerprint density at radius 1 is 1.24 bits per heavy atom. The molecule has 2 aliphatic heterocycles. The number of fused-ring (bicyclic) bond motifs is 1. The monoisotopic (exact) mass is 340 g/mol. The number of aromatic nitrogens is 3. The Bertz CT molecular complexity index is 831. The first-order chi connectivity index (χ1) is 12.1. The highest BCUT2D eigenvalue weighted by Gasteiger charge is 2.42. The summed E-state index contributed by atoms with van der Waals surface area (Å²) < 4.78 is 6.26. The van der Waals surface area contributed by atoms with Crippen molar-refractivity contribution in [3.05, 3.63) is 41.2 Å². The molecule has 1 aromatic carbocycles. The van der Waals surface area contributed by atoms with E-state index in [0.29, 0.717) is 48.6 Å². The van der Waals surface area contributed by atoms with E-state index < -0.39 is 5.60 Å². The average Bonchev–Trinajstić information content (AvgIpc) is 2.93. The molecule has 7 nitrogen and oxygen atoms in total. The van der Waals surface area contributed by atoms with Gasteiger partial charge < -0.3 is 9.64 Å². The Morgan fingerprint density at radius 3 is 2.88 bits per heavy atom. The molecule has 2 aliphatic rings. The number of nitrogens with zero attached hydrogens (tertiary/aromatic N) is 3. The fourth-order valence-corrected chi connectivity index (χ4v) is 3.73. The number of carbonyl (C=O) groups excluding carboxylic acids is 2. The largest absolute Gasteiger partial charge is 0.486 e. The molecule has 130 valence electrons. The van der Waals surface area contributed by atoms with Crippen LogP contribution >= 0.6 is 0 Å². The van der Waals surface area contributed by atoms with Crippen LogP contribution in [0.3, 0.4) is 0 Å². The average molecular weight is 340 g/mol. The lowest BCUT2D eigenvalue weighted by Gasteiger charge is -2.37. The Balaban J connectivity index is 1.53. The van der Waals surface area contributed by atoms with E-state index in [1.807, 2.05) is 24.3 Å². The number of H-pyrrole nitrogens is 1. The normalized spacial score (nSPS) is 23.1. The number of aryl methyl sites for hydroxylation is 1. The lowest BCUT2D eigenvalue weighted by atomic mass is 9.84. The standard InChI is InChI=1S/C18H20N4O3/c1-12-16(20-21-19-12)17(24)22-9-4-7-18(8-10-22)11-14(23)13-5-2-3-6-15(13)25-18/h2-3,5-6H,4,7-11H2,1H3,(H,19,20,21). The van der Waals surface area contributed by atoms with Gasteiger partial charge in [0.2, 0.25) is 0 Å². The first kappa shape index (κ1) is 15.8. The summed E-state index contributed by atoms with van der Waals surface area (Å²) in [6.45, 7) is 2.93. The van der Waals surface area contributed by atoms with Crippen LogP contribution in [0.5, 0.6) is 5.75 Å². The van der Waals surface area contributed by atoms with Crippen molar-refractivity contribution < 1.29 is 14.3 Å². The molecular weight excluding hydrogens is 320 g/mol. The minimum absolute atomic E-state index is 0.119. The summed E-state index contributed by atoms with van der Waals surface area (Å²) in [5.74, 6) is 0.658. The van der Waals surface area contributed by atoms with Crippen LogP contribution in [0.4, 0.5) is 0 Å². The molecule has 1 unspecified atom stereocenters. The number of rotatable bonds is 1. The SMILES string of the molecule is Cc1n[nH]nc1C(=O)N1CCCC2(CC1)CC(=O)c1ccccc1O2. The van der Waals surface area contributed by atoms with E-state index in [1.54, 1.807) is 11.8 Å². The van der Waals surface area contributed by atoms with Crippen molar-refractivity contribution in [2.75, 3.05) is 13.1 Å². The van der Waals surface area contributed by atoms with Crippen molar-refractivity contribution in [2.24, 2.45) is 0 Å². The highest BCUT2D eigenvalue weighted by molar-refractivity contribution is 6.00. The first-order valence-corrected chi connectivity index (χ1v) is 8.56. The highest BCUT2D eigenvalue weighted by Crippen LogP contribution is 2.39. The topological polar surface area (TPSA) is 88.2 Å². The van der Waals surface area contributed by atoms with Crippen molar-refractivity contribution in [2.45, 2.75) is 38.2 Å². The molecule has 1 atom stereocenters. The summed E-state index contributed by atoms with van der Waals surface area (Å²) in [6, 6.07) is 7.39. The maximum atomic E-state index is 12.7. The van der Waals surface area contributed by atoms with Crippen molar-refractivity contribution in [3.8, 4) is 5.75 Å². The number of Topliss-reactive ketones (excluding diaryl/α,β-unsaturated/α-hetero) is 1. The fourth-order valence-electron chi connectivity index (χ4n) is 3.73.